The van der Waals surface area contributed by atoms with Gasteiger partial charge in [0.2, 0.25) is 0 Å². The van der Waals surface area contributed by atoms with Gasteiger partial charge in [0.15, 0.2) is 0 Å². The lowest BCUT2D eigenvalue weighted by atomic mass is 10.1. The number of nitrogens with one attached hydrogen (secondary N) is 1. The summed E-state index contributed by atoms with van der Waals surface area (Å²) in [6.07, 6.45) is 0. The lowest BCUT2D eigenvalue weighted by Crippen LogP contribution is -2.26. The van der Waals surface area contributed by atoms with E-state index in [-0.39, 0.29) is 17.7 Å². The zero-order valence-electron chi connectivity index (χ0n) is 12.0. The maximum atomic E-state index is 12.2. The molecule has 2 aromatic rings. The lowest BCUT2D eigenvalue weighted by molar-refractivity contribution is -0.0498. The molecule has 23 heavy (non-hydrogen) atoms. The van der Waals surface area contributed by atoms with Crippen molar-refractivity contribution in [2.24, 2.45) is 0 Å². The van der Waals surface area contributed by atoms with E-state index >= 15 is 0 Å². The molecule has 0 fully saturated rings. The minimum atomic E-state index is -2.86. The minimum absolute atomic E-state index is 0.0678. The van der Waals surface area contributed by atoms with Crippen LogP contribution in [0, 0.1) is 0 Å². The summed E-state index contributed by atoms with van der Waals surface area (Å²) in [6, 6.07) is 10.8. The molecule has 0 aromatic heterocycles. The summed E-state index contributed by atoms with van der Waals surface area (Å²) in [7, 11) is 0. The average Bonchev–Trinajstić information content (AvgIpc) is 2.47. The third-order valence-electron chi connectivity index (χ3n) is 3.13. The molecule has 122 valence electrons. The van der Waals surface area contributed by atoms with Gasteiger partial charge in [0, 0.05) is 4.47 Å². The number of carbonyl (C=O) groups is 1. The van der Waals surface area contributed by atoms with E-state index in [1.807, 2.05) is 0 Å². The summed E-state index contributed by atoms with van der Waals surface area (Å²) in [5.41, 5.74) is 1.12. The summed E-state index contributed by atoms with van der Waals surface area (Å²) in [4.78, 5) is 12.2. The highest BCUT2D eigenvalue weighted by molar-refractivity contribution is 9.10. The molecule has 0 aliphatic heterocycles. The Bertz CT molecular complexity index is 695. The Kier molecular flexibility index (Phi) is 5.96. The van der Waals surface area contributed by atoms with Gasteiger partial charge in [-0.15, -0.1) is 0 Å². The van der Waals surface area contributed by atoms with Crippen LogP contribution in [0.5, 0.6) is 5.75 Å². The van der Waals surface area contributed by atoms with E-state index in [1.54, 1.807) is 37.3 Å². The van der Waals surface area contributed by atoms with Gasteiger partial charge in [0.1, 0.15) is 5.75 Å². The van der Waals surface area contributed by atoms with Crippen molar-refractivity contribution in [1.29, 1.82) is 0 Å². The van der Waals surface area contributed by atoms with Gasteiger partial charge in [-0.25, -0.2) is 0 Å². The maximum Gasteiger partial charge on any atom is 0.387 e. The predicted octanol–water partition coefficient (Wildman–Crippen LogP) is 5.19. The van der Waals surface area contributed by atoms with Crippen LogP contribution in [0.4, 0.5) is 8.78 Å². The number of benzene rings is 2. The van der Waals surface area contributed by atoms with E-state index in [9.17, 15) is 13.6 Å². The molecular weight excluding hydrogens is 392 g/mol. The van der Waals surface area contributed by atoms with Crippen LogP contribution in [0.15, 0.2) is 46.9 Å². The molecule has 1 amide bonds. The first-order valence-corrected chi connectivity index (χ1v) is 7.84. The Labute approximate surface area is 145 Å². The highest BCUT2D eigenvalue weighted by Gasteiger charge is 2.15. The molecule has 7 heteroatoms. The Hall–Kier alpha value is -1.66. The molecule has 0 spiro atoms. The van der Waals surface area contributed by atoms with Crippen molar-refractivity contribution in [1.82, 2.24) is 5.32 Å². The summed E-state index contributed by atoms with van der Waals surface area (Å²) >= 11 is 9.32. The van der Waals surface area contributed by atoms with Crippen LogP contribution >= 0.6 is 27.5 Å². The van der Waals surface area contributed by atoms with Crippen molar-refractivity contribution in [2.75, 3.05) is 0 Å². The smallest absolute Gasteiger partial charge is 0.387 e. The second-order valence-corrected chi connectivity index (χ2v) is 6.09. The van der Waals surface area contributed by atoms with Crippen LogP contribution in [0.25, 0.3) is 0 Å². The van der Waals surface area contributed by atoms with Crippen molar-refractivity contribution in [3.63, 3.8) is 0 Å². The van der Waals surface area contributed by atoms with Gasteiger partial charge >= 0.3 is 6.61 Å². The highest BCUT2D eigenvalue weighted by Crippen LogP contribution is 2.23. The zero-order chi connectivity index (χ0) is 17.0. The number of amides is 1. The van der Waals surface area contributed by atoms with E-state index in [0.29, 0.717) is 10.6 Å². The zero-order valence-corrected chi connectivity index (χ0v) is 14.4. The average molecular weight is 405 g/mol. The fraction of sp³-hybridized carbons (Fsp3) is 0.188. The molecule has 0 saturated heterocycles. The van der Waals surface area contributed by atoms with Crippen molar-refractivity contribution in [3.05, 3.63) is 63.1 Å². The number of hydrogen-bond donors (Lipinski definition) is 1. The van der Waals surface area contributed by atoms with Crippen LogP contribution < -0.4 is 10.1 Å². The first-order chi connectivity index (χ1) is 10.9. The third kappa shape index (κ3) is 4.91. The van der Waals surface area contributed by atoms with Crippen molar-refractivity contribution >= 4 is 33.4 Å². The number of hydrogen-bond acceptors (Lipinski definition) is 2. The van der Waals surface area contributed by atoms with Crippen molar-refractivity contribution < 1.29 is 18.3 Å². The van der Waals surface area contributed by atoms with Crippen LogP contribution in [0.3, 0.4) is 0 Å². The van der Waals surface area contributed by atoms with E-state index in [4.69, 9.17) is 11.6 Å². The monoisotopic (exact) mass is 403 g/mol. The van der Waals surface area contributed by atoms with E-state index in [2.05, 4.69) is 26.0 Å². The number of alkyl halides is 2. The van der Waals surface area contributed by atoms with Crippen LogP contribution in [0.1, 0.15) is 28.9 Å². The topological polar surface area (TPSA) is 38.3 Å². The Morgan fingerprint density at radius 2 is 1.87 bits per heavy atom. The van der Waals surface area contributed by atoms with Crippen molar-refractivity contribution in [3.8, 4) is 5.75 Å². The fourth-order valence-corrected chi connectivity index (χ4v) is 2.73. The van der Waals surface area contributed by atoms with Gasteiger partial charge in [0.05, 0.1) is 16.6 Å². The second kappa shape index (κ2) is 7.75. The second-order valence-electron chi connectivity index (χ2n) is 4.77. The summed E-state index contributed by atoms with van der Waals surface area (Å²) < 4.78 is 29.3. The predicted molar refractivity (Wildman–Crippen MR) is 88.1 cm³/mol. The van der Waals surface area contributed by atoms with E-state index in [1.165, 1.54) is 12.1 Å². The van der Waals surface area contributed by atoms with Crippen LogP contribution in [-0.4, -0.2) is 12.5 Å². The number of ether oxygens (including phenoxy) is 1. The number of rotatable bonds is 5. The minimum Gasteiger partial charge on any atom is -0.435 e. The molecule has 1 atom stereocenters. The number of halogens is 4. The quantitative estimate of drug-likeness (QED) is 0.744. The van der Waals surface area contributed by atoms with Crippen molar-refractivity contribution in [2.45, 2.75) is 19.6 Å². The van der Waals surface area contributed by atoms with Gasteiger partial charge in [-0.05, 0) is 42.8 Å². The maximum absolute atomic E-state index is 12.2. The summed E-state index contributed by atoms with van der Waals surface area (Å²) in [5, 5.41) is 3.14. The molecule has 0 aliphatic rings. The normalized spacial score (nSPS) is 12.1. The molecular formula is C16H13BrClF2NO2. The largest absolute Gasteiger partial charge is 0.435 e. The van der Waals surface area contributed by atoms with Gasteiger partial charge in [-0.2, -0.15) is 8.78 Å². The molecule has 3 nitrogen and oxygen atoms in total. The first kappa shape index (κ1) is 17.7. The van der Waals surface area contributed by atoms with E-state index < -0.39 is 6.61 Å². The molecule has 0 radical (unpaired) electrons. The standard InChI is InChI=1S/C16H13BrClF2NO2/c1-9(10-2-5-12(6-3-10)23-16(19)20)21-15(22)13-7-4-11(17)8-14(13)18/h2-9,16H,1H3,(H,21,22). The molecule has 0 heterocycles. The highest BCUT2D eigenvalue weighted by atomic mass is 79.9. The van der Waals surface area contributed by atoms with Crippen LogP contribution in [-0.2, 0) is 0 Å². The molecule has 0 bridgehead atoms. The molecule has 1 unspecified atom stereocenters. The molecule has 2 aromatic carbocycles. The fourth-order valence-electron chi connectivity index (χ4n) is 1.97. The van der Waals surface area contributed by atoms with Gasteiger partial charge in [-0.3, -0.25) is 4.79 Å². The number of carbonyl (C=O) groups excluding carboxylic acids is 1. The van der Waals surface area contributed by atoms with E-state index in [0.717, 1.165) is 10.0 Å². The lowest BCUT2D eigenvalue weighted by Gasteiger charge is -2.15. The van der Waals surface area contributed by atoms with Gasteiger partial charge in [-0.1, -0.05) is 39.7 Å². The Balaban J connectivity index is 2.06. The van der Waals surface area contributed by atoms with Gasteiger partial charge < -0.3 is 10.1 Å². The Morgan fingerprint density at radius 3 is 2.43 bits per heavy atom. The summed E-state index contributed by atoms with van der Waals surface area (Å²) in [6.45, 7) is -1.08. The van der Waals surface area contributed by atoms with Gasteiger partial charge in [0.25, 0.3) is 5.91 Å². The molecule has 0 aliphatic carbocycles. The molecule has 1 N–H and O–H groups in total. The SMILES string of the molecule is CC(NC(=O)c1ccc(Br)cc1Cl)c1ccc(OC(F)F)cc1. The molecule has 2 rings (SSSR count). The van der Waals surface area contributed by atoms with Crippen LogP contribution in [0.2, 0.25) is 5.02 Å². The first-order valence-electron chi connectivity index (χ1n) is 6.67. The third-order valence-corrected chi connectivity index (χ3v) is 3.93. The molecule has 0 saturated carbocycles. The summed E-state index contributed by atoms with van der Waals surface area (Å²) in [5.74, 6) is -0.249. The Morgan fingerprint density at radius 1 is 1.22 bits per heavy atom.